The van der Waals surface area contributed by atoms with Crippen molar-refractivity contribution in [3.63, 3.8) is 0 Å². The predicted octanol–water partition coefficient (Wildman–Crippen LogP) is 1.97. The van der Waals surface area contributed by atoms with Gasteiger partial charge in [-0.15, -0.1) is 0 Å². The molecule has 0 atom stereocenters. The number of halogens is 1. The van der Waals surface area contributed by atoms with Crippen molar-refractivity contribution in [2.24, 2.45) is 0 Å². The minimum absolute atomic E-state index is 0.307. The van der Waals surface area contributed by atoms with Gasteiger partial charge in [-0.05, 0) is 12.1 Å². The first-order valence-electron chi connectivity index (χ1n) is 4.46. The smallest absolute Gasteiger partial charge is 0.174 e. The summed E-state index contributed by atoms with van der Waals surface area (Å²) in [6, 6.07) is 2.96. The average Bonchev–Trinajstić information content (AvgIpc) is 2.66. The van der Waals surface area contributed by atoms with Gasteiger partial charge in [-0.3, -0.25) is 4.57 Å². The summed E-state index contributed by atoms with van der Waals surface area (Å²) in [5.41, 5.74) is 0. The van der Waals surface area contributed by atoms with Gasteiger partial charge in [0.25, 0.3) is 0 Å². The predicted molar refractivity (Wildman–Crippen MR) is 50.7 cm³/mol. The van der Waals surface area contributed by atoms with Crippen LogP contribution in [0.5, 0.6) is 0 Å². The highest BCUT2D eigenvalue weighted by Gasteiger charge is 2.07. The summed E-state index contributed by atoms with van der Waals surface area (Å²) in [4.78, 5) is 8.09. The van der Waals surface area contributed by atoms with Gasteiger partial charge < -0.3 is 0 Å². The second kappa shape index (κ2) is 3.57. The molecule has 0 radical (unpaired) electrons. The van der Waals surface area contributed by atoms with E-state index >= 15 is 0 Å². The van der Waals surface area contributed by atoms with Crippen LogP contribution in [0.3, 0.4) is 0 Å². The lowest BCUT2D eigenvalue weighted by molar-refractivity contribution is 0.606. The highest BCUT2D eigenvalue weighted by Crippen LogP contribution is 2.11. The Morgan fingerprint density at radius 3 is 2.93 bits per heavy atom. The van der Waals surface area contributed by atoms with Crippen LogP contribution in [0, 0.1) is 5.82 Å². The molecule has 0 N–H and O–H groups in total. The van der Waals surface area contributed by atoms with Crippen LogP contribution in [-0.4, -0.2) is 14.5 Å². The molecule has 2 aromatic heterocycles. The van der Waals surface area contributed by atoms with Crippen molar-refractivity contribution >= 4 is 0 Å². The zero-order valence-electron chi connectivity index (χ0n) is 7.81. The van der Waals surface area contributed by atoms with Gasteiger partial charge >= 0.3 is 0 Å². The van der Waals surface area contributed by atoms with Crippen LogP contribution in [0.2, 0.25) is 0 Å². The third kappa shape index (κ3) is 1.39. The van der Waals surface area contributed by atoms with Gasteiger partial charge in [-0.1, -0.05) is 6.92 Å². The third-order valence-electron chi connectivity index (χ3n) is 2.00. The molecule has 2 rings (SSSR count). The Balaban J connectivity index is 2.54. The molecule has 14 heavy (non-hydrogen) atoms. The van der Waals surface area contributed by atoms with Crippen molar-refractivity contribution < 1.29 is 4.39 Å². The fraction of sp³-hybridized carbons (Fsp3) is 0.200. The molecule has 2 heterocycles. The molecule has 0 aromatic carbocycles. The maximum atomic E-state index is 13.4. The van der Waals surface area contributed by atoms with Crippen LogP contribution in [0.4, 0.5) is 4.39 Å². The molecular weight excluding hydrogens is 181 g/mol. The van der Waals surface area contributed by atoms with Crippen LogP contribution < -0.4 is 0 Å². The molecule has 0 amide bonds. The van der Waals surface area contributed by atoms with Gasteiger partial charge in [0.1, 0.15) is 5.82 Å². The second-order valence-electron chi connectivity index (χ2n) is 2.88. The van der Waals surface area contributed by atoms with Crippen LogP contribution >= 0.6 is 0 Å². The molecule has 0 bridgehead atoms. The lowest BCUT2D eigenvalue weighted by Gasteiger charge is -2.05. The van der Waals surface area contributed by atoms with Crippen molar-refractivity contribution in [3.8, 4) is 5.82 Å². The minimum Gasteiger partial charge on any atom is -0.285 e. The number of aryl methyl sites for hydroxylation is 1. The van der Waals surface area contributed by atoms with Gasteiger partial charge in [-0.2, -0.15) is 0 Å². The molecular formula is C10H10FN3. The Hall–Kier alpha value is -1.71. The van der Waals surface area contributed by atoms with E-state index in [9.17, 15) is 4.39 Å². The van der Waals surface area contributed by atoms with E-state index in [2.05, 4.69) is 9.97 Å². The quantitative estimate of drug-likeness (QED) is 0.726. The first kappa shape index (κ1) is 8.87. The third-order valence-corrected chi connectivity index (χ3v) is 2.00. The maximum absolute atomic E-state index is 13.4. The van der Waals surface area contributed by atoms with E-state index in [-0.39, 0.29) is 5.82 Å². The summed E-state index contributed by atoms with van der Waals surface area (Å²) < 4.78 is 15.0. The lowest BCUT2D eigenvalue weighted by atomic mass is 10.4. The Morgan fingerprint density at radius 2 is 2.21 bits per heavy atom. The fourth-order valence-electron chi connectivity index (χ4n) is 1.34. The van der Waals surface area contributed by atoms with Gasteiger partial charge in [0, 0.05) is 25.0 Å². The van der Waals surface area contributed by atoms with E-state index in [4.69, 9.17) is 0 Å². The number of aromatic nitrogens is 3. The number of hydrogen-bond acceptors (Lipinski definition) is 2. The number of imidazole rings is 1. The molecule has 0 fully saturated rings. The van der Waals surface area contributed by atoms with Gasteiger partial charge in [0.2, 0.25) is 0 Å². The van der Waals surface area contributed by atoms with Crippen LogP contribution in [0.25, 0.3) is 5.82 Å². The van der Waals surface area contributed by atoms with Crippen molar-refractivity contribution in [2.45, 2.75) is 13.3 Å². The van der Waals surface area contributed by atoms with E-state index < -0.39 is 0 Å². The van der Waals surface area contributed by atoms with Crippen LogP contribution in [-0.2, 0) is 6.42 Å². The number of pyridine rings is 1. The summed E-state index contributed by atoms with van der Waals surface area (Å²) in [5.74, 6) is 0.782. The monoisotopic (exact) mass is 191 g/mol. The second-order valence-corrected chi connectivity index (χ2v) is 2.88. The normalized spacial score (nSPS) is 10.4. The molecule has 0 saturated carbocycles. The highest BCUT2D eigenvalue weighted by molar-refractivity contribution is 5.26. The highest BCUT2D eigenvalue weighted by atomic mass is 19.1. The molecule has 4 heteroatoms. The number of nitrogens with zero attached hydrogens (tertiary/aromatic N) is 3. The number of rotatable bonds is 2. The summed E-state index contributed by atoms with van der Waals surface area (Å²) in [6.45, 7) is 1.97. The molecule has 72 valence electrons. The van der Waals surface area contributed by atoms with E-state index in [0.29, 0.717) is 5.82 Å². The molecule has 0 aliphatic carbocycles. The topological polar surface area (TPSA) is 30.7 Å². The molecule has 0 saturated heterocycles. The first-order chi connectivity index (χ1) is 6.83. The summed E-state index contributed by atoms with van der Waals surface area (Å²) in [7, 11) is 0. The molecule has 0 aliphatic rings. The zero-order valence-corrected chi connectivity index (χ0v) is 7.81. The van der Waals surface area contributed by atoms with Crippen LogP contribution in [0.15, 0.2) is 30.7 Å². The standard InChI is InChI=1S/C10H10FN3/c1-2-9-12-6-7-14(9)10-8(11)4-3-5-13-10/h3-7H,2H2,1H3. The Bertz CT molecular complexity index is 436. The summed E-state index contributed by atoms with van der Waals surface area (Å²) >= 11 is 0. The van der Waals surface area contributed by atoms with Gasteiger partial charge in [0.05, 0.1) is 0 Å². The lowest BCUT2D eigenvalue weighted by Crippen LogP contribution is -2.03. The van der Waals surface area contributed by atoms with Crippen molar-refractivity contribution in [2.75, 3.05) is 0 Å². The molecule has 2 aromatic rings. The van der Waals surface area contributed by atoms with E-state index in [1.165, 1.54) is 6.07 Å². The van der Waals surface area contributed by atoms with Crippen LogP contribution in [0.1, 0.15) is 12.7 Å². The zero-order chi connectivity index (χ0) is 9.97. The van der Waals surface area contributed by atoms with Crippen molar-refractivity contribution in [1.29, 1.82) is 0 Å². The molecule has 0 aliphatic heterocycles. The van der Waals surface area contributed by atoms with Crippen molar-refractivity contribution in [1.82, 2.24) is 14.5 Å². The summed E-state index contributed by atoms with van der Waals surface area (Å²) in [6.07, 6.45) is 5.68. The van der Waals surface area contributed by atoms with E-state index in [1.807, 2.05) is 6.92 Å². The largest absolute Gasteiger partial charge is 0.285 e. The SMILES string of the molecule is CCc1nccn1-c1ncccc1F. The Kier molecular flexibility index (Phi) is 2.26. The molecule has 0 spiro atoms. The average molecular weight is 191 g/mol. The first-order valence-corrected chi connectivity index (χ1v) is 4.46. The van der Waals surface area contributed by atoms with Gasteiger partial charge in [-0.25, -0.2) is 14.4 Å². The number of hydrogen-bond donors (Lipinski definition) is 0. The molecule has 0 unspecified atom stereocenters. The van der Waals surface area contributed by atoms with Crippen molar-refractivity contribution in [3.05, 3.63) is 42.4 Å². The fourth-order valence-corrected chi connectivity index (χ4v) is 1.34. The van der Waals surface area contributed by atoms with E-state index in [1.54, 1.807) is 29.2 Å². The Labute approximate surface area is 81.2 Å². The molecule has 3 nitrogen and oxygen atoms in total. The van der Waals surface area contributed by atoms with E-state index in [0.717, 1.165) is 12.2 Å². The maximum Gasteiger partial charge on any atom is 0.174 e. The Morgan fingerprint density at radius 1 is 1.36 bits per heavy atom. The summed E-state index contributed by atoms with van der Waals surface area (Å²) in [5, 5.41) is 0. The van der Waals surface area contributed by atoms with Gasteiger partial charge in [0.15, 0.2) is 11.6 Å². The minimum atomic E-state index is -0.333.